The van der Waals surface area contributed by atoms with Crippen LogP contribution >= 0.6 is 0 Å². The molecule has 2 rings (SSSR count). The normalized spacial score (nSPS) is 10.3. The number of nitrogens with zero attached hydrogens (tertiary/aromatic N) is 2. The number of pyridine rings is 1. The number of fused-ring (bicyclic) bond motifs is 1. The Kier molecular flexibility index (Phi) is 1.30. The maximum atomic E-state index is 10.8. The van der Waals surface area contributed by atoms with Crippen LogP contribution in [0, 0.1) is 0 Å². The molecule has 0 saturated carbocycles. The Morgan fingerprint density at radius 2 is 2.42 bits per heavy atom. The Morgan fingerprint density at radius 3 is 3.17 bits per heavy atom. The maximum Gasteiger partial charge on any atom is 0.269 e. The molecule has 3 N–H and O–H groups in total. The summed E-state index contributed by atoms with van der Waals surface area (Å²) in [6, 6.07) is 1.73. The van der Waals surface area contributed by atoms with Gasteiger partial charge in [0.1, 0.15) is 0 Å². The molecular weight excluding hydrogens is 156 g/mol. The Hall–Kier alpha value is -1.91. The van der Waals surface area contributed by atoms with Gasteiger partial charge in [-0.05, 0) is 6.07 Å². The molecule has 0 aliphatic heterocycles. The summed E-state index contributed by atoms with van der Waals surface area (Å²) >= 11 is 0. The number of carbonyl (C=O) groups is 1. The monoisotopic (exact) mass is 162 g/mol. The Labute approximate surface area is 67.6 Å². The van der Waals surface area contributed by atoms with Gasteiger partial charge < -0.3 is 5.73 Å². The summed E-state index contributed by atoms with van der Waals surface area (Å²) in [6.07, 6.45) is 3.17. The first-order valence-corrected chi connectivity index (χ1v) is 3.37. The molecule has 2 heterocycles. The minimum Gasteiger partial charge on any atom is -0.364 e. The predicted molar refractivity (Wildman–Crippen MR) is 42.4 cm³/mol. The van der Waals surface area contributed by atoms with Gasteiger partial charge in [0.25, 0.3) is 5.91 Å². The highest BCUT2D eigenvalue weighted by Gasteiger charge is 2.09. The quantitative estimate of drug-likeness (QED) is 0.621. The number of hydrogen-bond acceptors (Lipinski definition) is 3. The van der Waals surface area contributed by atoms with E-state index in [2.05, 4.69) is 15.2 Å². The molecule has 0 aliphatic carbocycles. The van der Waals surface area contributed by atoms with Gasteiger partial charge in [-0.1, -0.05) is 0 Å². The van der Waals surface area contributed by atoms with E-state index in [1.165, 1.54) is 0 Å². The first-order valence-electron chi connectivity index (χ1n) is 3.37. The molecule has 0 saturated heterocycles. The highest BCUT2D eigenvalue weighted by Crippen LogP contribution is 2.12. The second-order valence-corrected chi connectivity index (χ2v) is 2.36. The smallest absolute Gasteiger partial charge is 0.269 e. The molecule has 2 aromatic rings. The summed E-state index contributed by atoms with van der Waals surface area (Å²) in [5, 5.41) is 7.09. The van der Waals surface area contributed by atoms with Crippen molar-refractivity contribution in [1.29, 1.82) is 0 Å². The first-order chi connectivity index (χ1) is 5.79. The average Bonchev–Trinajstić information content (AvgIpc) is 2.47. The molecule has 0 aromatic carbocycles. The van der Waals surface area contributed by atoms with Gasteiger partial charge in [0.2, 0.25) is 0 Å². The first kappa shape index (κ1) is 6.78. The molecule has 5 heteroatoms. The average molecular weight is 162 g/mol. The van der Waals surface area contributed by atoms with Crippen LogP contribution in [0.25, 0.3) is 10.9 Å². The van der Waals surface area contributed by atoms with E-state index in [4.69, 9.17) is 5.73 Å². The van der Waals surface area contributed by atoms with Crippen LogP contribution in [0.5, 0.6) is 0 Å². The molecule has 0 spiro atoms. The van der Waals surface area contributed by atoms with E-state index in [1.807, 2.05) is 0 Å². The van der Waals surface area contributed by atoms with Crippen LogP contribution in [-0.2, 0) is 0 Å². The van der Waals surface area contributed by atoms with E-state index in [0.717, 1.165) is 5.52 Å². The topological polar surface area (TPSA) is 84.7 Å². The molecule has 0 radical (unpaired) electrons. The number of amides is 1. The highest BCUT2D eigenvalue weighted by molar-refractivity contribution is 6.03. The summed E-state index contributed by atoms with van der Waals surface area (Å²) in [7, 11) is 0. The number of hydrogen-bond donors (Lipinski definition) is 2. The van der Waals surface area contributed by atoms with Gasteiger partial charge in [0, 0.05) is 12.4 Å². The van der Waals surface area contributed by atoms with Gasteiger partial charge in [0.05, 0.1) is 10.9 Å². The molecular formula is C7H6N4O. The number of nitrogens with two attached hydrogens (primary N) is 1. The second-order valence-electron chi connectivity index (χ2n) is 2.36. The van der Waals surface area contributed by atoms with E-state index in [9.17, 15) is 4.79 Å². The summed E-state index contributed by atoms with van der Waals surface area (Å²) < 4.78 is 0. The van der Waals surface area contributed by atoms with E-state index >= 15 is 0 Å². The minimum absolute atomic E-state index is 0.234. The van der Waals surface area contributed by atoms with Gasteiger partial charge in [-0.25, -0.2) is 0 Å². The number of aromatic amines is 1. The third-order valence-electron chi connectivity index (χ3n) is 1.60. The zero-order valence-corrected chi connectivity index (χ0v) is 6.11. The molecule has 60 valence electrons. The lowest BCUT2D eigenvalue weighted by molar-refractivity contribution is 0.0997. The van der Waals surface area contributed by atoms with Crippen molar-refractivity contribution >= 4 is 16.8 Å². The van der Waals surface area contributed by atoms with Crippen molar-refractivity contribution in [2.75, 3.05) is 0 Å². The van der Waals surface area contributed by atoms with Crippen LogP contribution in [0.1, 0.15) is 10.5 Å². The summed E-state index contributed by atoms with van der Waals surface area (Å²) in [5.74, 6) is -0.547. The van der Waals surface area contributed by atoms with Gasteiger partial charge in [0.15, 0.2) is 5.69 Å². The zero-order chi connectivity index (χ0) is 8.55. The van der Waals surface area contributed by atoms with Crippen molar-refractivity contribution in [3.63, 3.8) is 0 Å². The summed E-state index contributed by atoms with van der Waals surface area (Å²) in [5.41, 5.74) is 6.07. The van der Waals surface area contributed by atoms with E-state index in [-0.39, 0.29) is 5.69 Å². The minimum atomic E-state index is -0.547. The molecule has 0 aliphatic rings. The van der Waals surface area contributed by atoms with Crippen LogP contribution in [0.15, 0.2) is 18.5 Å². The molecule has 2 aromatic heterocycles. The fraction of sp³-hybridized carbons (Fsp3) is 0. The third-order valence-corrected chi connectivity index (χ3v) is 1.60. The predicted octanol–water partition coefficient (Wildman–Crippen LogP) is 0.0568. The van der Waals surface area contributed by atoms with Crippen molar-refractivity contribution in [3.8, 4) is 0 Å². The van der Waals surface area contributed by atoms with Crippen LogP contribution in [0.3, 0.4) is 0 Å². The molecule has 12 heavy (non-hydrogen) atoms. The standard InChI is InChI=1S/C7H6N4O/c8-7(12)6-4-3-9-2-1-5(4)10-11-6/h1-3H,(H2,8,12)(H,10,11). The molecule has 0 atom stereocenters. The molecule has 0 unspecified atom stereocenters. The van der Waals surface area contributed by atoms with Crippen LogP contribution in [0.4, 0.5) is 0 Å². The number of aromatic nitrogens is 3. The molecule has 0 bridgehead atoms. The van der Waals surface area contributed by atoms with Crippen molar-refractivity contribution in [1.82, 2.24) is 15.2 Å². The lowest BCUT2D eigenvalue weighted by atomic mass is 10.2. The van der Waals surface area contributed by atoms with E-state index in [1.54, 1.807) is 18.5 Å². The molecule has 5 nitrogen and oxygen atoms in total. The van der Waals surface area contributed by atoms with Gasteiger partial charge in [-0.3, -0.25) is 14.9 Å². The zero-order valence-electron chi connectivity index (χ0n) is 6.11. The SMILES string of the molecule is NC(=O)c1n[nH]c2ccncc12. The van der Waals surface area contributed by atoms with Gasteiger partial charge in [-0.15, -0.1) is 0 Å². The van der Waals surface area contributed by atoms with Gasteiger partial charge >= 0.3 is 0 Å². The van der Waals surface area contributed by atoms with Crippen molar-refractivity contribution in [2.45, 2.75) is 0 Å². The number of primary amides is 1. The van der Waals surface area contributed by atoms with Crippen molar-refractivity contribution in [2.24, 2.45) is 5.73 Å². The lowest BCUT2D eigenvalue weighted by Crippen LogP contribution is -2.11. The fourth-order valence-electron chi connectivity index (χ4n) is 1.04. The largest absolute Gasteiger partial charge is 0.364 e. The van der Waals surface area contributed by atoms with E-state index in [0.29, 0.717) is 5.39 Å². The van der Waals surface area contributed by atoms with Crippen LogP contribution in [0.2, 0.25) is 0 Å². The second kappa shape index (κ2) is 2.30. The summed E-state index contributed by atoms with van der Waals surface area (Å²) in [4.78, 5) is 14.6. The third kappa shape index (κ3) is 0.833. The molecule has 0 fully saturated rings. The fourth-order valence-corrected chi connectivity index (χ4v) is 1.04. The van der Waals surface area contributed by atoms with Crippen LogP contribution in [-0.4, -0.2) is 21.1 Å². The summed E-state index contributed by atoms with van der Waals surface area (Å²) in [6.45, 7) is 0. The Morgan fingerprint density at radius 1 is 1.58 bits per heavy atom. The number of nitrogens with one attached hydrogen (secondary N) is 1. The Bertz CT molecular complexity index is 434. The maximum absolute atomic E-state index is 10.8. The highest BCUT2D eigenvalue weighted by atomic mass is 16.1. The van der Waals surface area contributed by atoms with E-state index < -0.39 is 5.91 Å². The van der Waals surface area contributed by atoms with Crippen molar-refractivity contribution < 1.29 is 4.79 Å². The number of rotatable bonds is 1. The lowest BCUT2D eigenvalue weighted by Gasteiger charge is -1.87. The number of carbonyl (C=O) groups excluding carboxylic acids is 1. The van der Waals surface area contributed by atoms with Gasteiger partial charge in [-0.2, -0.15) is 5.10 Å². The number of H-pyrrole nitrogens is 1. The van der Waals surface area contributed by atoms with Crippen molar-refractivity contribution in [3.05, 3.63) is 24.2 Å². The van der Waals surface area contributed by atoms with Crippen LogP contribution < -0.4 is 5.73 Å². The molecule has 1 amide bonds. The Balaban J connectivity index is 2.79.